The van der Waals surface area contributed by atoms with Gasteiger partial charge in [-0.05, 0) is 62.8 Å². The van der Waals surface area contributed by atoms with Gasteiger partial charge < -0.3 is 15.0 Å². The predicted octanol–water partition coefficient (Wildman–Crippen LogP) is 3.66. The molecule has 154 valence electrons. The van der Waals surface area contributed by atoms with E-state index in [-0.39, 0.29) is 18.4 Å². The highest BCUT2D eigenvalue weighted by Gasteiger charge is 2.24. The van der Waals surface area contributed by atoms with Crippen LogP contribution >= 0.6 is 0 Å². The minimum absolute atomic E-state index is 0.00485. The van der Waals surface area contributed by atoms with Crippen LogP contribution in [0.1, 0.15) is 39.9 Å². The third-order valence-corrected chi connectivity index (χ3v) is 5.53. The van der Waals surface area contributed by atoms with E-state index in [0.29, 0.717) is 31.3 Å². The topological polar surface area (TPSA) is 58.6 Å². The van der Waals surface area contributed by atoms with Crippen molar-refractivity contribution in [2.45, 2.75) is 33.6 Å². The molecule has 0 aliphatic carbocycles. The minimum Gasteiger partial charge on any atom is -0.484 e. The minimum atomic E-state index is -0.00485. The summed E-state index contributed by atoms with van der Waals surface area (Å²) < 4.78 is 5.56. The van der Waals surface area contributed by atoms with Gasteiger partial charge in [-0.3, -0.25) is 9.59 Å². The summed E-state index contributed by atoms with van der Waals surface area (Å²) in [5, 5.41) is 3.09. The van der Waals surface area contributed by atoms with Crippen LogP contribution in [0.2, 0.25) is 0 Å². The smallest absolute Gasteiger partial charge is 0.260 e. The highest BCUT2D eigenvalue weighted by Crippen LogP contribution is 2.19. The van der Waals surface area contributed by atoms with E-state index in [4.69, 9.17) is 4.74 Å². The summed E-state index contributed by atoms with van der Waals surface area (Å²) in [4.78, 5) is 26.9. The lowest BCUT2D eigenvalue weighted by Gasteiger charge is -2.32. The van der Waals surface area contributed by atoms with Gasteiger partial charge in [-0.25, -0.2) is 0 Å². The zero-order valence-electron chi connectivity index (χ0n) is 17.5. The van der Waals surface area contributed by atoms with Crippen LogP contribution in [0.4, 0.5) is 0 Å². The maximum atomic E-state index is 12.6. The Hall–Kier alpha value is -2.82. The molecular formula is C24H30N2O3. The van der Waals surface area contributed by atoms with E-state index in [1.807, 2.05) is 68.1 Å². The molecule has 1 N–H and O–H groups in total. The van der Waals surface area contributed by atoms with Crippen LogP contribution in [0.3, 0.4) is 0 Å². The quantitative estimate of drug-likeness (QED) is 0.813. The Kier molecular flexibility index (Phi) is 6.91. The number of carbonyl (C=O) groups excluding carboxylic acids is 2. The van der Waals surface area contributed by atoms with Gasteiger partial charge in [0.25, 0.3) is 11.8 Å². The Morgan fingerprint density at radius 2 is 1.66 bits per heavy atom. The number of aryl methyl sites for hydroxylation is 3. The van der Waals surface area contributed by atoms with E-state index in [2.05, 4.69) is 5.32 Å². The number of benzene rings is 2. The van der Waals surface area contributed by atoms with Crippen molar-refractivity contribution in [3.8, 4) is 5.75 Å². The van der Waals surface area contributed by atoms with Crippen LogP contribution in [0.15, 0.2) is 42.5 Å². The summed E-state index contributed by atoms with van der Waals surface area (Å²) in [6, 6.07) is 13.5. The van der Waals surface area contributed by atoms with Crippen molar-refractivity contribution < 1.29 is 14.3 Å². The molecule has 3 rings (SSSR count). The first-order valence-electron chi connectivity index (χ1n) is 10.3. The summed E-state index contributed by atoms with van der Waals surface area (Å²) in [7, 11) is 0. The first kappa shape index (κ1) is 20.9. The highest BCUT2D eigenvalue weighted by molar-refractivity contribution is 5.97. The lowest BCUT2D eigenvalue weighted by molar-refractivity contribution is -0.134. The Balaban J connectivity index is 1.43. The zero-order valence-corrected chi connectivity index (χ0v) is 17.5. The number of piperidine rings is 1. The van der Waals surface area contributed by atoms with E-state index in [1.54, 1.807) is 0 Å². The Morgan fingerprint density at radius 3 is 2.28 bits per heavy atom. The molecule has 5 nitrogen and oxygen atoms in total. The number of likely N-dealkylation sites (tertiary alicyclic amines) is 1. The summed E-state index contributed by atoms with van der Waals surface area (Å²) in [5.74, 6) is 1.11. The summed E-state index contributed by atoms with van der Waals surface area (Å²) >= 11 is 0. The van der Waals surface area contributed by atoms with Crippen LogP contribution in [0, 0.1) is 26.7 Å². The zero-order chi connectivity index (χ0) is 20.8. The third-order valence-electron chi connectivity index (χ3n) is 5.53. The largest absolute Gasteiger partial charge is 0.484 e. The second-order valence-electron chi connectivity index (χ2n) is 7.91. The van der Waals surface area contributed by atoms with Crippen LogP contribution < -0.4 is 10.1 Å². The molecule has 1 aliphatic rings. The van der Waals surface area contributed by atoms with Crippen molar-refractivity contribution in [1.29, 1.82) is 0 Å². The molecule has 0 spiro atoms. The van der Waals surface area contributed by atoms with Crippen LogP contribution in [0.5, 0.6) is 5.75 Å². The molecule has 29 heavy (non-hydrogen) atoms. The monoisotopic (exact) mass is 394 g/mol. The van der Waals surface area contributed by atoms with Crippen molar-refractivity contribution in [3.63, 3.8) is 0 Å². The molecule has 2 amide bonds. The average Bonchev–Trinajstić information content (AvgIpc) is 2.71. The fraction of sp³-hybridized carbons (Fsp3) is 0.417. The van der Waals surface area contributed by atoms with Gasteiger partial charge in [0.05, 0.1) is 0 Å². The standard InChI is InChI=1S/C24H30N2O3/c1-17-13-18(2)23(19(3)14-17)24(28)25-15-20-9-11-26(12-10-20)22(27)16-29-21-7-5-4-6-8-21/h4-8,13-14,20H,9-12,15-16H2,1-3H3,(H,25,28). The number of ether oxygens (including phenoxy) is 1. The molecular weight excluding hydrogens is 364 g/mol. The van der Waals surface area contributed by atoms with Gasteiger partial charge in [-0.1, -0.05) is 35.9 Å². The van der Waals surface area contributed by atoms with Crippen molar-refractivity contribution >= 4 is 11.8 Å². The Morgan fingerprint density at radius 1 is 1.03 bits per heavy atom. The molecule has 1 fully saturated rings. The Bertz CT molecular complexity index is 833. The van der Waals surface area contributed by atoms with Crippen molar-refractivity contribution in [1.82, 2.24) is 10.2 Å². The second-order valence-corrected chi connectivity index (χ2v) is 7.91. The number of nitrogens with one attached hydrogen (secondary N) is 1. The van der Waals surface area contributed by atoms with E-state index < -0.39 is 0 Å². The lowest BCUT2D eigenvalue weighted by Crippen LogP contribution is -2.43. The molecule has 1 heterocycles. The van der Waals surface area contributed by atoms with Gasteiger partial charge in [0.15, 0.2) is 6.61 Å². The van der Waals surface area contributed by atoms with Crippen molar-refractivity contribution in [2.75, 3.05) is 26.2 Å². The number of hydrogen-bond donors (Lipinski definition) is 1. The highest BCUT2D eigenvalue weighted by atomic mass is 16.5. The number of para-hydroxylation sites is 1. The van der Waals surface area contributed by atoms with E-state index in [1.165, 1.54) is 5.56 Å². The van der Waals surface area contributed by atoms with Crippen LogP contribution in [-0.4, -0.2) is 43.0 Å². The van der Waals surface area contributed by atoms with Crippen molar-refractivity contribution in [2.24, 2.45) is 5.92 Å². The van der Waals surface area contributed by atoms with Crippen LogP contribution in [0.25, 0.3) is 0 Å². The molecule has 0 bridgehead atoms. The van der Waals surface area contributed by atoms with Gasteiger partial charge >= 0.3 is 0 Å². The molecule has 5 heteroatoms. The van der Waals surface area contributed by atoms with Crippen molar-refractivity contribution in [3.05, 3.63) is 64.7 Å². The van der Waals surface area contributed by atoms with E-state index in [0.717, 1.165) is 29.5 Å². The third kappa shape index (κ3) is 5.59. The number of carbonyl (C=O) groups is 2. The summed E-state index contributed by atoms with van der Waals surface area (Å²) in [5.41, 5.74) is 3.98. The Labute approximate surface area is 173 Å². The lowest BCUT2D eigenvalue weighted by atomic mass is 9.95. The van der Waals surface area contributed by atoms with E-state index >= 15 is 0 Å². The first-order chi connectivity index (χ1) is 13.9. The molecule has 0 unspecified atom stereocenters. The molecule has 2 aromatic carbocycles. The molecule has 0 atom stereocenters. The summed E-state index contributed by atoms with van der Waals surface area (Å²) in [6.45, 7) is 8.14. The number of rotatable bonds is 6. The molecule has 0 saturated carbocycles. The molecule has 0 aromatic heterocycles. The normalized spacial score (nSPS) is 14.5. The molecule has 2 aromatic rings. The van der Waals surface area contributed by atoms with Gasteiger partial charge in [0.2, 0.25) is 0 Å². The molecule has 1 aliphatic heterocycles. The van der Waals surface area contributed by atoms with Gasteiger partial charge in [0, 0.05) is 25.2 Å². The second kappa shape index (κ2) is 9.59. The maximum Gasteiger partial charge on any atom is 0.260 e. The summed E-state index contributed by atoms with van der Waals surface area (Å²) in [6.07, 6.45) is 1.78. The number of amides is 2. The predicted molar refractivity (Wildman–Crippen MR) is 114 cm³/mol. The number of hydrogen-bond acceptors (Lipinski definition) is 3. The van der Waals surface area contributed by atoms with Gasteiger partial charge in [-0.15, -0.1) is 0 Å². The van der Waals surface area contributed by atoms with Gasteiger partial charge in [0.1, 0.15) is 5.75 Å². The fourth-order valence-electron chi connectivity index (χ4n) is 4.00. The van der Waals surface area contributed by atoms with Gasteiger partial charge in [-0.2, -0.15) is 0 Å². The van der Waals surface area contributed by atoms with Crippen LogP contribution in [-0.2, 0) is 4.79 Å². The van der Waals surface area contributed by atoms with E-state index in [9.17, 15) is 9.59 Å². The first-order valence-corrected chi connectivity index (χ1v) is 10.3. The molecule has 0 radical (unpaired) electrons. The fourth-order valence-corrected chi connectivity index (χ4v) is 4.00. The SMILES string of the molecule is Cc1cc(C)c(C(=O)NCC2CCN(C(=O)COc3ccccc3)CC2)c(C)c1. The molecule has 1 saturated heterocycles. The number of nitrogens with zero attached hydrogens (tertiary/aromatic N) is 1. The average molecular weight is 395 g/mol. The maximum absolute atomic E-state index is 12.6.